The second-order valence-electron chi connectivity index (χ2n) is 5.07. The molecule has 0 heterocycles. The van der Waals surface area contributed by atoms with Gasteiger partial charge in [0.25, 0.3) is 0 Å². The highest BCUT2D eigenvalue weighted by molar-refractivity contribution is 5.70. The van der Waals surface area contributed by atoms with E-state index in [2.05, 4.69) is 32.0 Å². The largest absolute Gasteiger partial charge is 0.469 e. The van der Waals surface area contributed by atoms with E-state index in [1.54, 1.807) is 0 Å². The third kappa shape index (κ3) is 2.87. The number of rotatable bonds is 4. The minimum absolute atomic E-state index is 0.0971. The van der Waals surface area contributed by atoms with E-state index in [1.165, 1.54) is 36.6 Å². The molecule has 1 aromatic carbocycles. The van der Waals surface area contributed by atoms with Gasteiger partial charge in [-0.3, -0.25) is 4.79 Å². The monoisotopic (exact) mass is 232 g/mol. The molecule has 17 heavy (non-hydrogen) atoms. The van der Waals surface area contributed by atoms with Gasteiger partial charge in [-0.05, 0) is 55.2 Å². The number of carbonyl (C=O) groups is 1. The molecule has 2 rings (SSSR count). The normalized spacial score (nSPS) is 16.6. The number of esters is 1. The van der Waals surface area contributed by atoms with E-state index in [1.807, 2.05) is 0 Å². The highest BCUT2D eigenvalue weighted by Crippen LogP contribution is 2.44. The third-order valence-corrected chi connectivity index (χ3v) is 3.76. The van der Waals surface area contributed by atoms with Gasteiger partial charge in [-0.15, -0.1) is 0 Å². The molecular formula is C15H20O2. The van der Waals surface area contributed by atoms with Crippen LogP contribution in [0.3, 0.4) is 0 Å². The lowest BCUT2D eigenvalue weighted by molar-refractivity contribution is -0.141. The Morgan fingerprint density at radius 2 is 2.06 bits per heavy atom. The molecule has 2 nitrogen and oxygen atoms in total. The number of aryl methyl sites for hydroxylation is 2. The number of hydrogen-bond acceptors (Lipinski definition) is 2. The first-order valence-corrected chi connectivity index (χ1v) is 6.25. The molecule has 92 valence electrons. The fourth-order valence-corrected chi connectivity index (χ4v) is 2.31. The minimum Gasteiger partial charge on any atom is -0.469 e. The van der Waals surface area contributed by atoms with Crippen molar-refractivity contribution >= 4 is 5.97 Å². The lowest BCUT2D eigenvalue weighted by atomic mass is 9.89. The van der Waals surface area contributed by atoms with Crippen LogP contribution in [-0.2, 0) is 9.53 Å². The Hall–Kier alpha value is -1.31. The van der Waals surface area contributed by atoms with E-state index in [-0.39, 0.29) is 5.97 Å². The zero-order chi connectivity index (χ0) is 12.4. The summed E-state index contributed by atoms with van der Waals surface area (Å²) in [6.07, 6.45) is 3.01. The lowest BCUT2D eigenvalue weighted by Gasteiger charge is -2.16. The average molecular weight is 232 g/mol. The summed E-state index contributed by atoms with van der Waals surface area (Å²) in [5, 5.41) is 0. The van der Waals surface area contributed by atoms with E-state index >= 15 is 0 Å². The van der Waals surface area contributed by atoms with Gasteiger partial charge >= 0.3 is 5.97 Å². The first-order valence-electron chi connectivity index (χ1n) is 6.25. The van der Waals surface area contributed by atoms with Crippen LogP contribution >= 0.6 is 0 Å². The maximum absolute atomic E-state index is 11.5. The van der Waals surface area contributed by atoms with Crippen molar-refractivity contribution in [1.82, 2.24) is 0 Å². The van der Waals surface area contributed by atoms with E-state index in [0.29, 0.717) is 18.3 Å². The van der Waals surface area contributed by atoms with Crippen molar-refractivity contribution in [3.63, 3.8) is 0 Å². The van der Waals surface area contributed by atoms with Crippen LogP contribution in [0.2, 0.25) is 0 Å². The molecule has 1 aliphatic carbocycles. The smallest absolute Gasteiger partial charge is 0.306 e. The highest BCUT2D eigenvalue weighted by Gasteiger charge is 2.34. The van der Waals surface area contributed by atoms with Crippen LogP contribution in [-0.4, -0.2) is 13.1 Å². The van der Waals surface area contributed by atoms with Crippen LogP contribution in [0.25, 0.3) is 0 Å². The fourth-order valence-electron chi connectivity index (χ4n) is 2.31. The molecular weight excluding hydrogens is 212 g/mol. The molecule has 0 bridgehead atoms. The molecule has 0 radical (unpaired) electrons. The molecule has 1 saturated carbocycles. The standard InChI is InChI=1S/C15H20O2/c1-10-4-5-13(8-11(10)2)14(12-6-7-12)9-15(16)17-3/h4-5,8,12,14H,6-7,9H2,1-3H3. The van der Waals surface area contributed by atoms with Crippen molar-refractivity contribution < 1.29 is 9.53 Å². The van der Waals surface area contributed by atoms with Crippen molar-refractivity contribution in [3.8, 4) is 0 Å². The molecule has 1 aromatic rings. The van der Waals surface area contributed by atoms with Crippen LogP contribution in [0.4, 0.5) is 0 Å². The van der Waals surface area contributed by atoms with Gasteiger partial charge in [0.1, 0.15) is 0 Å². The zero-order valence-corrected chi connectivity index (χ0v) is 10.8. The minimum atomic E-state index is -0.0971. The number of benzene rings is 1. The van der Waals surface area contributed by atoms with Gasteiger partial charge in [0.05, 0.1) is 13.5 Å². The zero-order valence-electron chi connectivity index (χ0n) is 10.8. The van der Waals surface area contributed by atoms with Crippen molar-refractivity contribution in [1.29, 1.82) is 0 Å². The molecule has 0 spiro atoms. The van der Waals surface area contributed by atoms with Gasteiger partial charge in [0.15, 0.2) is 0 Å². The van der Waals surface area contributed by atoms with Gasteiger partial charge in [-0.1, -0.05) is 18.2 Å². The van der Waals surface area contributed by atoms with Gasteiger partial charge in [0, 0.05) is 0 Å². The number of hydrogen-bond donors (Lipinski definition) is 0. The second-order valence-corrected chi connectivity index (χ2v) is 5.07. The van der Waals surface area contributed by atoms with E-state index < -0.39 is 0 Å². The summed E-state index contributed by atoms with van der Waals surface area (Å²) in [6.45, 7) is 4.24. The highest BCUT2D eigenvalue weighted by atomic mass is 16.5. The molecule has 0 saturated heterocycles. The van der Waals surface area contributed by atoms with Crippen molar-refractivity contribution in [2.75, 3.05) is 7.11 Å². The lowest BCUT2D eigenvalue weighted by Crippen LogP contribution is -2.10. The van der Waals surface area contributed by atoms with Crippen LogP contribution in [0, 0.1) is 19.8 Å². The Morgan fingerprint density at radius 1 is 1.35 bits per heavy atom. The molecule has 0 amide bonds. The Labute approximate surface area is 103 Å². The molecule has 1 atom stereocenters. The Kier molecular flexibility index (Phi) is 3.51. The van der Waals surface area contributed by atoms with Crippen LogP contribution < -0.4 is 0 Å². The van der Waals surface area contributed by atoms with Crippen molar-refractivity contribution in [2.45, 2.75) is 39.0 Å². The summed E-state index contributed by atoms with van der Waals surface area (Å²) in [6, 6.07) is 6.53. The van der Waals surface area contributed by atoms with E-state index in [9.17, 15) is 4.79 Å². The van der Waals surface area contributed by atoms with E-state index in [0.717, 1.165) is 0 Å². The third-order valence-electron chi connectivity index (χ3n) is 3.76. The molecule has 0 N–H and O–H groups in total. The fraction of sp³-hybridized carbons (Fsp3) is 0.533. The van der Waals surface area contributed by atoms with Crippen LogP contribution in [0.1, 0.15) is 41.9 Å². The number of methoxy groups -OCH3 is 1. The van der Waals surface area contributed by atoms with Crippen LogP contribution in [0.5, 0.6) is 0 Å². The second kappa shape index (κ2) is 4.91. The van der Waals surface area contributed by atoms with Gasteiger partial charge < -0.3 is 4.74 Å². The van der Waals surface area contributed by atoms with Crippen LogP contribution in [0.15, 0.2) is 18.2 Å². The Balaban J connectivity index is 2.20. The summed E-state index contributed by atoms with van der Waals surface area (Å²) in [7, 11) is 1.46. The van der Waals surface area contributed by atoms with Crippen molar-refractivity contribution in [3.05, 3.63) is 34.9 Å². The predicted molar refractivity (Wildman–Crippen MR) is 68.0 cm³/mol. The summed E-state index contributed by atoms with van der Waals surface area (Å²) < 4.78 is 4.80. The molecule has 1 unspecified atom stereocenters. The van der Waals surface area contributed by atoms with Gasteiger partial charge in [-0.2, -0.15) is 0 Å². The topological polar surface area (TPSA) is 26.3 Å². The van der Waals surface area contributed by atoms with Gasteiger partial charge in [-0.25, -0.2) is 0 Å². The number of ether oxygens (including phenoxy) is 1. The summed E-state index contributed by atoms with van der Waals surface area (Å²) in [5.74, 6) is 0.929. The Bertz CT molecular complexity index is 419. The average Bonchev–Trinajstić information content (AvgIpc) is 3.13. The molecule has 2 heteroatoms. The molecule has 1 fully saturated rings. The SMILES string of the molecule is COC(=O)CC(c1ccc(C)c(C)c1)C1CC1. The first-order chi connectivity index (χ1) is 8.11. The first kappa shape index (κ1) is 12.2. The molecule has 1 aliphatic rings. The molecule has 0 aromatic heterocycles. The summed E-state index contributed by atoms with van der Waals surface area (Å²) in [5.41, 5.74) is 3.90. The van der Waals surface area contributed by atoms with E-state index in [4.69, 9.17) is 4.74 Å². The summed E-state index contributed by atoms with van der Waals surface area (Å²) >= 11 is 0. The maximum atomic E-state index is 11.5. The Morgan fingerprint density at radius 3 is 2.59 bits per heavy atom. The number of carbonyl (C=O) groups excluding carboxylic acids is 1. The quantitative estimate of drug-likeness (QED) is 0.744. The predicted octanol–water partition coefficient (Wildman–Crippen LogP) is 3.36. The summed E-state index contributed by atoms with van der Waals surface area (Å²) in [4.78, 5) is 11.5. The maximum Gasteiger partial charge on any atom is 0.306 e. The van der Waals surface area contributed by atoms with Crippen molar-refractivity contribution in [2.24, 2.45) is 5.92 Å². The van der Waals surface area contributed by atoms with Gasteiger partial charge in [0.2, 0.25) is 0 Å². The molecule has 0 aliphatic heterocycles.